The SMILES string of the molecule is CCCC1CCC(Nc2ccc(N)c(C)n2)CC1. The van der Waals surface area contributed by atoms with Crippen LogP contribution in [0.4, 0.5) is 11.5 Å². The van der Waals surface area contributed by atoms with Gasteiger partial charge < -0.3 is 11.1 Å². The average molecular weight is 247 g/mol. The van der Waals surface area contributed by atoms with Crippen molar-refractivity contribution in [3.63, 3.8) is 0 Å². The smallest absolute Gasteiger partial charge is 0.126 e. The highest BCUT2D eigenvalue weighted by molar-refractivity contribution is 5.49. The molecule has 3 N–H and O–H groups in total. The number of nitrogens with two attached hydrogens (primary N) is 1. The molecule has 2 rings (SSSR count). The number of pyridine rings is 1. The van der Waals surface area contributed by atoms with Crippen LogP contribution in [0.25, 0.3) is 0 Å². The molecule has 1 aliphatic rings. The third kappa shape index (κ3) is 3.37. The predicted octanol–water partition coefficient (Wildman–Crippen LogP) is 3.74. The molecule has 0 unspecified atom stereocenters. The Hall–Kier alpha value is -1.25. The predicted molar refractivity (Wildman–Crippen MR) is 77.7 cm³/mol. The van der Waals surface area contributed by atoms with Crippen molar-refractivity contribution in [1.82, 2.24) is 4.98 Å². The molecule has 1 aromatic rings. The fraction of sp³-hybridized carbons (Fsp3) is 0.667. The summed E-state index contributed by atoms with van der Waals surface area (Å²) < 4.78 is 0. The molecule has 0 bridgehead atoms. The van der Waals surface area contributed by atoms with Crippen LogP contribution in [0.2, 0.25) is 0 Å². The maximum atomic E-state index is 5.78. The van der Waals surface area contributed by atoms with Gasteiger partial charge in [0.25, 0.3) is 0 Å². The maximum Gasteiger partial charge on any atom is 0.126 e. The van der Waals surface area contributed by atoms with Crippen molar-refractivity contribution in [1.29, 1.82) is 0 Å². The molecule has 1 fully saturated rings. The largest absolute Gasteiger partial charge is 0.397 e. The number of hydrogen-bond donors (Lipinski definition) is 2. The summed E-state index contributed by atoms with van der Waals surface area (Å²) in [7, 11) is 0. The van der Waals surface area contributed by atoms with Gasteiger partial charge in [0.1, 0.15) is 5.82 Å². The van der Waals surface area contributed by atoms with Crippen LogP contribution in [-0.2, 0) is 0 Å². The van der Waals surface area contributed by atoms with Gasteiger partial charge in [-0.15, -0.1) is 0 Å². The quantitative estimate of drug-likeness (QED) is 0.852. The van der Waals surface area contributed by atoms with Gasteiger partial charge >= 0.3 is 0 Å². The van der Waals surface area contributed by atoms with Crippen LogP contribution in [0.5, 0.6) is 0 Å². The van der Waals surface area contributed by atoms with E-state index >= 15 is 0 Å². The van der Waals surface area contributed by atoms with E-state index in [0.717, 1.165) is 23.1 Å². The van der Waals surface area contributed by atoms with Gasteiger partial charge in [0.2, 0.25) is 0 Å². The number of nitrogen functional groups attached to an aromatic ring is 1. The van der Waals surface area contributed by atoms with Crippen LogP contribution in [-0.4, -0.2) is 11.0 Å². The van der Waals surface area contributed by atoms with Crippen LogP contribution in [0.1, 0.15) is 51.1 Å². The highest BCUT2D eigenvalue weighted by Crippen LogP contribution is 2.29. The number of hydrogen-bond acceptors (Lipinski definition) is 3. The molecule has 0 aliphatic heterocycles. The minimum absolute atomic E-state index is 0.591. The minimum Gasteiger partial charge on any atom is -0.397 e. The highest BCUT2D eigenvalue weighted by atomic mass is 15.0. The number of nitrogens with zero attached hydrogens (tertiary/aromatic N) is 1. The van der Waals surface area contributed by atoms with Gasteiger partial charge in [-0.2, -0.15) is 0 Å². The molecule has 100 valence electrons. The summed E-state index contributed by atoms with van der Waals surface area (Å²) in [6.07, 6.45) is 7.98. The van der Waals surface area contributed by atoms with Crippen molar-refractivity contribution in [3.05, 3.63) is 17.8 Å². The Morgan fingerprint density at radius 2 is 2.00 bits per heavy atom. The molecule has 0 amide bonds. The third-order valence-electron chi connectivity index (χ3n) is 4.02. The number of rotatable bonds is 4. The van der Waals surface area contributed by atoms with Gasteiger partial charge in [-0.1, -0.05) is 19.8 Å². The minimum atomic E-state index is 0.591. The van der Waals surface area contributed by atoms with Crippen LogP contribution in [0, 0.1) is 12.8 Å². The summed E-state index contributed by atoms with van der Waals surface area (Å²) in [5.74, 6) is 1.93. The van der Waals surface area contributed by atoms with Gasteiger partial charge in [0.15, 0.2) is 0 Å². The van der Waals surface area contributed by atoms with Crippen molar-refractivity contribution < 1.29 is 0 Å². The standard InChI is InChI=1S/C15H25N3/c1-3-4-12-5-7-13(8-6-12)18-15-10-9-14(16)11(2)17-15/h9-10,12-13H,3-8,16H2,1-2H3,(H,17,18). The molecule has 18 heavy (non-hydrogen) atoms. The van der Waals surface area contributed by atoms with Gasteiger partial charge in [-0.05, 0) is 50.7 Å². The molecule has 0 spiro atoms. The lowest BCUT2D eigenvalue weighted by molar-refractivity contribution is 0.318. The van der Waals surface area contributed by atoms with E-state index in [9.17, 15) is 0 Å². The molecule has 3 nitrogen and oxygen atoms in total. The summed E-state index contributed by atoms with van der Waals surface area (Å²) in [4.78, 5) is 4.49. The lowest BCUT2D eigenvalue weighted by Gasteiger charge is -2.29. The Kier molecular flexibility index (Phi) is 4.45. The van der Waals surface area contributed by atoms with E-state index < -0.39 is 0 Å². The number of aryl methyl sites for hydroxylation is 1. The van der Waals surface area contributed by atoms with E-state index in [1.165, 1.54) is 38.5 Å². The Balaban J connectivity index is 1.85. The van der Waals surface area contributed by atoms with Crippen LogP contribution in [0.3, 0.4) is 0 Å². The second kappa shape index (κ2) is 6.07. The van der Waals surface area contributed by atoms with Crippen LogP contribution < -0.4 is 11.1 Å². The molecule has 0 aromatic carbocycles. The number of anilines is 2. The monoisotopic (exact) mass is 247 g/mol. The molecule has 0 radical (unpaired) electrons. The van der Waals surface area contributed by atoms with Crippen molar-refractivity contribution in [3.8, 4) is 0 Å². The van der Waals surface area contributed by atoms with Gasteiger partial charge in [0.05, 0.1) is 11.4 Å². The third-order valence-corrected chi connectivity index (χ3v) is 4.02. The van der Waals surface area contributed by atoms with Crippen LogP contribution in [0.15, 0.2) is 12.1 Å². The van der Waals surface area contributed by atoms with E-state index in [2.05, 4.69) is 17.2 Å². The molecule has 0 saturated heterocycles. The molecule has 1 aliphatic carbocycles. The number of nitrogens with one attached hydrogen (secondary N) is 1. The first-order valence-electron chi connectivity index (χ1n) is 7.18. The van der Waals surface area contributed by atoms with E-state index in [-0.39, 0.29) is 0 Å². The summed E-state index contributed by atoms with van der Waals surface area (Å²) in [5.41, 5.74) is 7.47. The first-order valence-corrected chi connectivity index (χ1v) is 7.18. The second-order valence-electron chi connectivity index (χ2n) is 5.52. The van der Waals surface area contributed by atoms with Crippen LogP contribution >= 0.6 is 0 Å². The molecule has 1 saturated carbocycles. The summed E-state index contributed by atoms with van der Waals surface area (Å²) >= 11 is 0. The molecular formula is C15H25N3. The maximum absolute atomic E-state index is 5.78. The van der Waals surface area contributed by atoms with E-state index in [4.69, 9.17) is 5.73 Å². The number of aromatic nitrogens is 1. The van der Waals surface area contributed by atoms with Crippen molar-refractivity contribution >= 4 is 11.5 Å². The first-order chi connectivity index (χ1) is 8.69. The molecule has 1 aromatic heterocycles. The molecule has 1 heterocycles. The van der Waals surface area contributed by atoms with E-state index in [1.54, 1.807) is 0 Å². The lowest BCUT2D eigenvalue weighted by Crippen LogP contribution is -2.26. The van der Waals surface area contributed by atoms with Gasteiger partial charge in [-0.3, -0.25) is 0 Å². The Bertz CT molecular complexity index is 381. The zero-order chi connectivity index (χ0) is 13.0. The topological polar surface area (TPSA) is 50.9 Å². The van der Waals surface area contributed by atoms with Gasteiger partial charge in [0, 0.05) is 6.04 Å². The van der Waals surface area contributed by atoms with E-state index in [1.807, 2.05) is 19.1 Å². The molecule has 3 heteroatoms. The Morgan fingerprint density at radius 3 is 2.61 bits per heavy atom. The zero-order valence-corrected chi connectivity index (χ0v) is 11.6. The van der Waals surface area contributed by atoms with Gasteiger partial charge in [-0.25, -0.2) is 4.98 Å². The molecular weight excluding hydrogens is 222 g/mol. The Labute approximate surface area is 110 Å². The highest BCUT2D eigenvalue weighted by Gasteiger charge is 2.20. The summed E-state index contributed by atoms with van der Waals surface area (Å²) in [5, 5.41) is 3.54. The van der Waals surface area contributed by atoms with Crippen molar-refractivity contribution in [2.24, 2.45) is 5.92 Å². The van der Waals surface area contributed by atoms with E-state index in [0.29, 0.717) is 6.04 Å². The zero-order valence-electron chi connectivity index (χ0n) is 11.6. The Morgan fingerprint density at radius 1 is 1.28 bits per heavy atom. The fourth-order valence-electron chi connectivity index (χ4n) is 2.87. The van der Waals surface area contributed by atoms with Crippen molar-refractivity contribution in [2.75, 3.05) is 11.1 Å². The van der Waals surface area contributed by atoms with Crippen molar-refractivity contribution in [2.45, 2.75) is 58.4 Å². The first kappa shape index (κ1) is 13.2. The lowest BCUT2D eigenvalue weighted by atomic mass is 9.83. The second-order valence-corrected chi connectivity index (χ2v) is 5.52. The summed E-state index contributed by atoms with van der Waals surface area (Å²) in [6.45, 7) is 4.24. The fourth-order valence-corrected chi connectivity index (χ4v) is 2.87. The summed E-state index contributed by atoms with van der Waals surface area (Å²) in [6, 6.07) is 4.52. The normalized spacial score (nSPS) is 23.9. The molecule has 0 atom stereocenters. The average Bonchev–Trinajstić information content (AvgIpc) is 2.37.